The predicted molar refractivity (Wildman–Crippen MR) is 104 cm³/mol. The molecule has 0 bridgehead atoms. The Balaban J connectivity index is 2.03. The van der Waals surface area contributed by atoms with Gasteiger partial charge in [0.2, 0.25) is 10.0 Å². The molecule has 0 spiro atoms. The molecule has 0 radical (unpaired) electrons. The van der Waals surface area contributed by atoms with E-state index in [1.54, 1.807) is 19.1 Å². The first kappa shape index (κ1) is 19.6. The number of sulfonamides is 1. The maximum atomic E-state index is 13.4. The van der Waals surface area contributed by atoms with Crippen molar-refractivity contribution in [2.75, 3.05) is 13.2 Å². The van der Waals surface area contributed by atoms with Crippen molar-refractivity contribution >= 4 is 16.0 Å². The van der Waals surface area contributed by atoms with Gasteiger partial charge >= 0.3 is 5.97 Å². The average molecular weight is 388 g/mol. The van der Waals surface area contributed by atoms with Crippen LogP contribution in [0.3, 0.4) is 0 Å². The number of fused-ring (bicyclic) bond motifs is 1. The van der Waals surface area contributed by atoms with Crippen LogP contribution in [-0.2, 0) is 26.0 Å². The standard InChI is InChI=1S/C21H25NO4S/c1-4-26-21(23)14-20-19-8-6-5-7-17(19)11-12-22(20)27(24,25)18-10-9-15(2)16(3)13-18/h5-10,13,20H,4,11-12,14H2,1-3H3/t20-/m1/s1. The fraction of sp³-hybridized carbons (Fsp3) is 0.381. The molecule has 144 valence electrons. The van der Waals surface area contributed by atoms with E-state index in [1.165, 1.54) is 4.31 Å². The monoisotopic (exact) mass is 387 g/mol. The van der Waals surface area contributed by atoms with Gasteiger partial charge in [-0.1, -0.05) is 30.3 Å². The zero-order valence-corrected chi connectivity index (χ0v) is 16.8. The zero-order valence-electron chi connectivity index (χ0n) is 15.9. The Bertz CT molecular complexity index is 952. The van der Waals surface area contributed by atoms with Crippen LogP contribution in [0.1, 0.15) is 41.6 Å². The number of carbonyl (C=O) groups is 1. The molecule has 0 aromatic heterocycles. The molecular formula is C21H25NO4S. The first-order chi connectivity index (χ1) is 12.8. The molecule has 2 aromatic carbocycles. The summed E-state index contributed by atoms with van der Waals surface area (Å²) in [6.45, 7) is 6.21. The predicted octanol–water partition coefficient (Wildman–Crippen LogP) is 3.54. The maximum Gasteiger partial charge on any atom is 0.307 e. The lowest BCUT2D eigenvalue weighted by Gasteiger charge is -2.36. The minimum atomic E-state index is -3.73. The molecule has 0 unspecified atom stereocenters. The van der Waals surface area contributed by atoms with Gasteiger partial charge in [0.25, 0.3) is 0 Å². The third-order valence-electron chi connectivity index (χ3n) is 5.11. The quantitative estimate of drug-likeness (QED) is 0.736. The van der Waals surface area contributed by atoms with Crippen LogP contribution in [-0.4, -0.2) is 31.8 Å². The molecule has 0 saturated carbocycles. The van der Waals surface area contributed by atoms with Gasteiger partial charge in [0.15, 0.2) is 0 Å². The number of ether oxygens (including phenoxy) is 1. The van der Waals surface area contributed by atoms with Crippen molar-refractivity contribution in [3.8, 4) is 0 Å². The van der Waals surface area contributed by atoms with Crippen LogP contribution in [0.2, 0.25) is 0 Å². The Morgan fingerprint density at radius 3 is 2.59 bits per heavy atom. The van der Waals surface area contributed by atoms with E-state index in [-0.39, 0.29) is 23.9 Å². The number of rotatable bonds is 5. The SMILES string of the molecule is CCOC(=O)C[C@@H]1c2ccccc2CCN1S(=O)(=O)c1ccc(C)c(C)c1. The van der Waals surface area contributed by atoms with Gasteiger partial charge in [0, 0.05) is 6.54 Å². The van der Waals surface area contributed by atoms with Crippen LogP contribution >= 0.6 is 0 Å². The first-order valence-corrected chi connectivity index (χ1v) is 10.6. The summed E-state index contributed by atoms with van der Waals surface area (Å²) in [7, 11) is -3.73. The van der Waals surface area contributed by atoms with Crippen LogP contribution in [0.15, 0.2) is 47.4 Å². The Kier molecular flexibility index (Phi) is 5.67. The molecule has 0 fully saturated rings. The molecule has 1 aliphatic rings. The van der Waals surface area contributed by atoms with Gasteiger partial charge in [-0.15, -0.1) is 0 Å². The van der Waals surface area contributed by atoms with Crippen molar-refractivity contribution in [2.45, 2.75) is 44.6 Å². The highest BCUT2D eigenvalue weighted by Gasteiger charge is 2.37. The minimum Gasteiger partial charge on any atom is -0.466 e. The molecule has 1 heterocycles. The second-order valence-corrected chi connectivity index (χ2v) is 8.73. The summed E-state index contributed by atoms with van der Waals surface area (Å²) in [6, 6.07) is 12.3. The highest BCUT2D eigenvalue weighted by atomic mass is 32.2. The highest BCUT2D eigenvalue weighted by Crippen LogP contribution is 2.36. The smallest absolute Gasteiger partial charge is 0.307 e. The van der Waals surface area contributed by atoms with Gasteiger partial charge in [-0.3, -0.25) is 4.79 Å². The van der Waals surface area contributed by atoms with Gasteiger partial charge in [-0.2, -0.15) is 4.31 Å². The Hall–Kier alpha value is -2.18. The van der Waals surface area contributed by atoms with Crippen molar-refractivity contribution in [1.82, 2.24) is 4.31 Å². The molecule has 0 amide bonds. The average Bonchev–Trinajstić information content (AvgIpc) is 2.64. The fourth-order valence-electron chi connectivity index (χ4n) is 3.52. The fourth-order valence-corrected chi connectivity index (χ4v) is 5.21. The lowest BCUT2D eigenvalue weighted by atomic mass is 9.92. The Morgan fingerprint density at radius 1 is 1.15 bits per heavy atom. The highest BCUT2D eigenvalue weighted by molar-refractivity contribution is 7.89. The summed E-state index contributed by atoms with van der Waals surface area (Å²) in [6.07, 6.45) is 0.633. The molecule has 0 aliphatic carbocycles. The summed E-state index contributed by atoms with van der Waals surface area (Å²) in [5.74, 6) is -0.389. The van der Waals surface area contributed by atoms with E-state index in [1.807, 2.05) is 44.2 Å². The normalized spacial score (nSPS) is 17.4. The van der Waals surface area contributed by atoms with Crippen molar-refractivity contribution < 1.29 is 17.9 Å². The van der Waals surface area contributed by atoms with Crippen molar-refractivity contribution in [1.29, 1.82) is 0 Å². The molecule has 0 saturated heterocycles. The van der Waals surface area contributed by atoms with Gasteiger partial charge in [0.05, 0.1) is 24.0 Å². The molecule has 27 heavy (non-hydrogen) atoms. The van der Waals surface area contributed by atoms with E-state index in [9.17, 15) is 13.2 Å². The third-order valence-corrected chi connectivity index (χ3v) is 7.02. The van der Waals surface area contributed by atoms with Gasteiger partial charge in [-0.05, 0) is 61.6 Å². The van der Waals surface area contributed by atoms with Crippen molar-refractivity contribution in [3.05, 3.63) is 64.7 Å². The van der Waals surface area contributed by atoms with Crippen LogP contribution < -0.4 is 0 Å². The molecule has 1 atom stereocenters. The number of nitrogens with zero attached hydrogens (tertiary/aromatic N) is 1. The molecule has 5 nitrogen and oxygen atoms in total. The van der Waals surface area contributed by atoms with E-state index in [0.717, 1.165) is 22.3 Å². The third kappa shape index (κ3) is 3.92. The number of hydrogen-bond acceptors (Lipinski definition) is 4. The van der Waals surface area contributed by atoms with Crippen LogP contribution in [0.4, 0.5) is 0 Å². The number of carbonyl (C=O) groups excluding carboxylic acids is 1. The van der Waals surface area contributed by atoms with Gasteiger partial charge < -0.3 is 4.74 Å². The molecule has 0 N–H and O–H groups in total. The second-order valence-electron chi connectivity index (χ2n) is 6.84. The topological polar surface area (TPSA) is 63.7 Å². The van der Waals surface area contributed by atoms with E-state index in [4.69, 9.17) is 4.74 Å². The number of benzene rings is 2. The summed E-state index contributed by atoms with van der Waals surface area (Å²) < 4.78 is 33.3. The van der Waals surface area contributed by atoms with Crippen LogP contribution in [0.5, 0.6) is 0 Å². The van der Waals surface area contributed by atoms with E-state index >= 15 is 0 Å². The second kappa shape index (κ2) is 7.82. The Morgan fingerprint density at radius 2 is 1.89 bits per heavy atom. The van der Waals surface area contributed by atoms with E-state index < -0.39 is 16.1 Å². The van der Waals surface area contributed by atoms with Crippen molar-refractivity contribution in [2.24, 2.45) is 0 Å². The summed E-state index contributed by atoms with van der Waals surface area (Å²) >= 11 is 0. The lowest BCUT2D eigenvalue weighted by molar-refractivity contribution is -0.144. The van der Waals surface area contributed by atoms with Crippen LogP contribution in [0, 0.1) is 13.8 Å². The van der Waals surface area contributed by atoms with Crippen LogP contribution in [0.25, 0.3) is 0 Å². The van der Waals surface area contributed by atoms with Gasteiger partial charge in [0.1, 0.15) is 0 Å². The number of esters is 1. The molecular weight excluding hydrogens is 362 g/mol. The largest absolute Gasteiger partial charge is 0.466 e. The summed E-state index contributed by atoms with van der Waals surface area (Å²) in [4.78, 5) is 12.4. The van der Waals surface area contributed by atoms with E-state index in [2.05, 4.69) is 0 Å². The van der Waals surface area contributed by atoms with Crippen molar-refractivity contribution in [3.63, 3.8) is 0 Å². The molecule has 3 rings (SSSR count). The number of hydrogen-bond donors (Lipinski definition) is 0. The zero-order chi connectivity index (χ0) is 19.6. The minimum absolute atomic E-state index is 0.00886. The van der Waals surface area contributed by atoms with E-state index in [0.29, 0.717) is 13.0 Å². The Labute approximate surface area is 161 Å². The summed E-state index contributed by atoms with van der Waals surface area (Å²) in [5.41, 5.74) is 3.93. The summed E-state index contributed by atoms with van der Waals surface area (Å²) in [5, 5.41) is 0. The molecule has 1 aliphatic heterocycles. The molecule has 2 aromatic rings. The maximum absolute atomic E-state index is 13.4. The number of aryl methyl sites for hydroxylation is 2. The molecule has 6 heteroatoms. The lowest BCUT2D eigenvalue weighted by Crippen LogP contribution is -2.41. The van der Waals surface area contributed by atoms with Gasteiger partial charge in [-0.25, -0.2) is 8.42 Å². The first-order valence-electron chi connectivity index (χ1n) is 9.17.